The van der Waals surface area contributed by atoms with E-state index < -0.39 is 11.4 Å². The molecular formula is C3H9NOS. The lowest BCUT2D eigenvalue weighted by atomic mass is 11.3. The topological polar surface area (TPSA) is 26.3 Å². The Kier molecular flexibility index (Phi) is 2.55. The van der Waals surface area contributed by atoms with E-state index in [-0.39, 0.29) is 0 Å². The van der Waals surface area contributed by atoms with Crippen molar-refractivity contribution in [3.8, 4) is 0 Å². The van der Waals surface area contributed by atoms with Crippen LogP contribution in [0.5, 0.6) is 0 Å². The summed E-state index contributed by atoms with van der Waals surface area (Å²) in [5.74, 6) is 0. The monoisotopic (exact) mass is 107 g/mol. The van der Waals surface area contributed by atoms with Gasteiger partial charge in [0.15, 0.2) is 0 Å². The highest BCUT2D eigenvalue weighted by molar-refractivity contribution is 7.88. The maximum Gasteiger partial charge on any atom is 0.115 e. The summed E-state index contributed by atoms with van der Waals surface area (Å²) in [4.78, 5) is 0. The molecule has 6 heavy (non-hydrogen) atoms. The smallest absolute Gasteiger partial charge is 0.115 e. The van der Waals surface area contributed by atoms with Crippen molar-refractivity contribution in [1.29, 1.82) is 0 Å². The van der Waals surface area contributed by atoms with Gasteiger partial charge in [-0.3, -0.25) is 0 Å². The molecule has 2 nitrogen and oxygen atoms in total. The highest BCUT2D eigenvalue weighted by Crippen LogP contribution is 1.82. The standard InChI is InChI=1S/C3H9NOS/c1-4(2)6(3)5/h1-3H3/t6-/m1/s1. The molecule has 0 radical (unpaired) electrons. The SMILES string of the molecule is CN(C)[S@@+](C)[O-]. The van der Waals surface area contributed by atoms with E-state index in [0.717, 1.165) is 0 Å². The summed E-state index contributed by atoms with van der Waals surface area (Å²) in [5, 5.41) is 0. The molecule has 0 fully saturated rings. The van der Waals surface area contributed by atoms with E-state index >= 15 is 0 Å². The first-order valence-corrected chi connectivity index (χ1v) is 3.17. The molecule has 1 atom stereocenters. The van der Waals surface area contributed by atoms with Crippen molar-refractivity contribution in [2.75, 3.05) is 20.4 Å². The maximum atomic E-state index is 10.2. The lowest BCUT2D eigenvalue weighted by molar-refractivity contribution is 0.527. The average molecular weight is 107 g/mol. The van der Waals surface area contributed by atoms with Gasteiger partial charge in [-0.1, -0.05) is 0 Å². The van der Waals surface area contributed by atoms with Crippen LogP contribution in [-0.2, 0) is 11.4 Å². The van der Waals surface area contributed by atoms with Crippen LogP contribution in [0, 0.1) is 0 Å². The van der Waals surface area contributed by atoms with Gasteiger partial charge in [0.25, 0.3) is 0 Å². The Bertz CT molecular complexity index is 31.8. The molecule has 0 saturated carbocycles. The van der Waals surface area contributed by atoms with E-state index in [4.69, 9.17) is 0 Å². The summed E-state index contributed by atoms with van der Waals surface area (Å²) in [6, 6.07) is 0. The van der Waals surface area contributed by atoms with Gasteiger partial charge in [0.2, 0.25) is 0 Å². The molecule has 0 aliphatic carbocycles. The quantitative estimate of drug-likeness (QED) is 0.435. The predicted molar refractivity (Wildman–Crippen MR) is 27.8 cm³/mol. The Morgan fingerprint density at radius 3 is 1.67 bits per heavy atom. The van der Waals surface area contributed by atoms with Gasteiger partial charge in [-0.15, -0.1) is 4.31 Å². The van der Waals surface area contributed by atoms with Gasteiger partial charge >= 0.3 is 0 Å². The van der Waals surface area contributed by atoms with Gasteiger partial charge in [-0.2, -0.15) is 0 Å². The van der Waals surface area contributed by atoms with E-state index in [2.05, 4.69) is 0 Å². The molecule has 0 aliphatic heterocycles. The van der Waals surface area contributed by atoms with E-state index in [1.54, 1.807) is 24.7 Å². The van der Waals surface area contributed by atoms with E-state index in [0.29, 0.717) is 0 Å². The van der Waals surface area contributed by atoms with Gasteiger partial charge in [0, 0.05) is 25.5 Å². The molecule has 0 aromatic rings. The van der Waals surface area contributed by atoms with Crippen molar-refractivity contribution in [2.24, 2.45) is 0 Å². The minimum atomic E-state index is -0.784. The van der Waals surface area contributed by atoms with E-state index in [9.17, 15) is 4.55 Å². The zero-order chi connectivity index (χ0) is 5.15. The van der Waals surface area contributed by atoms with Crippen LogP contribution >= 0.6 is 0 Å². The molecule has 0 heterocycles. The zero-order valence-electron chi connectivity index (χ0n) is 4.26. The maximum absolute atomic E-state index is 10.2. The third kappa shape index (κ3) is 2.50. The molecule has 0 aliphatic rings. The molecular weight excluding hydrogens is 98.1 g/mol. The third-order valence-corrected chi connectivity index (χ3v) is 1.54. The first-order valence-electron chi connectivity index (χ1n) is 1.65. The van der Waals surface area contributed by atoms with Crippen molar-refractivity contribution >= 4 is 11.4 Å². The summed E-state index contributed by atoms with van der Waals surface area (Å²) in [5.41, 5.74) is 0. The first-order chi connectivity index (χ1) is 2.64. The largest absolute Gasteiger partial charge is 0.598 e. The van der Waals surface area contributed by atoms with Crippen molar-refractivity contribution < 1.29 is 4.55 Å². The summed E-state index contributed by atoms with van der Waals surface area (Å²) < 4.78 is 11.8. The van der Waals surface area contributed by atoms with Crippen LogP contribution in [0.15, 0.2) is 0 Å². The normalized spacial score (nSPS) is 15.5. The number of rotatable bonds is 1. The molecule has 0 aromatic heterocycles. The molecule has 0 aromatic carbocycles. The first kappa shape index (κ1) is 6.27. The van der Waals surface area contributed by atoms with Crippen LogP contribution < -0.4 is 0 Å². The number of hydrogen-bond donors (Lipinski definition) is 0. The molecule has 0 spiro atoms. The van der Waals surface area contributed by atoms with Crippen molar-refractivity contribution in [3.05, 3.63) is 0 Å². The van der Waals surface area contributed by atoms with Crippen LogP contribution in [-0.4, -0.2) is 29.2 Å². The van der Waals surface area contributed by atoms with Crippen molar-refractivity contribution in [2.45, 2.75) is 0 Å². The van der Waals surface area contributed by atoms with Crippen LogP contribution in [0.2, 0.25) is 0 Å². The molecule has 0 N–H and O–H groups in total. The molecule has 0 rings (SSSR count). The molecule has 0 amide bonds. The Hall–Kier alpha value is 0.270. The molecule has 0 bridgehead atoms. The lowest BCUT2D eigenvalue weighted by Gasteiger charge is -2.08. The fourth-order valence-corrected chi connectivity index (χ4v) is 0. The predicted octanol–water partition coefficient (Wildman–Crippen LogP) is -0.158. The van der Waals surface area contributed by atoms with E-state index in [1.165, 1.54) is 0 Å². The summed E-state index contributed by atoms with van der Waals surface area (Å²) in [6.45, 7) is 0. The Morgan fingerprint density at radius 2 is 1.67 bits per heavy atom. The Morgan fingerprint density at radius 1 is 1.50 bits per heavy atom. The summed E-state index contributed by atoms with van der Waals surface area (Å²) in [7, 11) is 3.55. The van der Waals surface area contributed by atoms with Crippen LogP contribution in [0.25, 0.3) is 0 Å². The highest BCUT2D eigenvalue weighted by atomic mass is 32.2. The minimum Gasteiger partial charge on any atom is -0.598 e. The molecule has 0 saturated heterocycles. The zero-order valence-corrected chi connectivity index (χ0v) is 5.08. The fraction of sp³-hybridized carbons (Fsp3) is 1.00. The fourth-order valence-electron chi connectivity index (χ4n) is 0. The molecule has 3 heteroatoms. The Balaban J connectivity index is 2.99. The summed E-state index contributed by atoms with van der Waals surface area (Å²) >= 11 is -0.784. The second kappa shape index (κ2) is 2.44. The third-order valence-electron chi connectivity index (χ3n) is 0.514. The van der Waals surface area contributed by atoms with Gasteiger partial charge < -0.3 is 4.55 Å². The summed E-state index contributed by atoms with van der Waals surface area (Å²) in [6.07, 6.45) is 1.64. The van der Waals surface area contributed by atoms with E-state index in [1.807, 2.05) is 0 Å². The van der Waals surface area contributed by atoms with Gasteiger partial charge in [0.1, 0.15) is 6.26 Å². The van der Waals surface area contributed by atoms with Gasteiger partial charge in [-0.25, -0.2) is 0 Å². The second-order valence-electron chi connectivity index (χ2n) is 1.24. The number of hydrogen-bond acceptors (Lipinski definition) is 2. The number of nitrogens with zero attached hydrogens (tertiary/aromatic N) is 1. The highest BCUT2D eigenvalue weighted by Gasteiger charge is 1.95. The molecule has 0 unspecified atom stereocenters. The average Bonchev–Trinajstić information content (AvgIpc) is 1.36. The second-order valence-corrected chi connectivity index (χ2v) is 2.81. The van der Waals surface area contributed by atoms with Crippen molar-refractivity contribution in [3.63, 3.8) is 0 Å². The van der Waals surface area contributed by atoms with Gasteiger partial charge in [-0.05, 0) is 0 Å². The van der Waals surface area contributed by atoms with Crippen LogP contribution in [0.4, 0.5) is 0 Å². The van der Waals surface area contributed by atoms with Crippen molar-refractivity contribution in [1.82, 2.24) is 4.31 Å². The molecule has 38 valence electrons. The Labute approximate surface area is 41.5 Å². The van der Waals surface area contributed by atoms with Crippen LogP contribution in [0.3, 0.4) is 0 Å². The van der Waals surface area contributed by atoms with Gasteiger partial charge in [0.05, 0.1) is 0 Å². The lowest BCUT2D eigenvalue weighted by Crippen LogP contribution is -2.19. The minimum absolute atomic E-state index is 0.784. The van der Waals surface area contributed by atoms with Crippen LogP contribution in [0.1, 0.15) is 0 Å².